The van der Waals surface area contributed by atoms with Gasteiger partial charge in [-0.3, -0.25) is 9.59 Å². The van der Waals surface area contributed by atoms with Crippen molar-refractivity contribution in [2.24, 2.45) is 0 Å². The number of nitrogens with one attached hydrogen (secondary N) is 1. The van der Waals surface area contributed by atoms with Crippen LogP contribution in [0, 0.1) is 5.82 Å². The van der Waals surface area contributed by atoms with Crippen LogP contribution in [0.25, 0.3) is 0 Å². The van der Waals surface area contributed by atoms with Gasteiger partial charge in [0.1, 0.15) is 17.6 Å². The number of methoxy groups -OCH3 is 1. The van der Waals surface area contributed by atoms with Crippen LogP contribution in [0.3, 0.4) is 0 Å². The lowest BCUT2D eigenvalue weighted by Gasteiger charge is -2.37. The number of benzene rings is 2. The molecule has 0 spiro atoms. The second-order valence-electron chi connectivity index (χ2n) is 6.73. The number of halogens is 1. The van der Waals surface area contributed by atoms with Crippen molar-refractivity contribution in [3.8, 4) is 5.75 Å². The van der Waals surface area contributed by atoms with Crippen molar-refractivity contribution in [3.05, 3.63) is 59.9 Å². The first-order valence-corrected chi connectivity index (χ1v) is 9.37. The number of carbonyl (C=O) groups excluding carboxylic acids is 2. The Morgan fingerprint density at radius 2 is 1.83 bits per heavy atom. The zero-order valence-electron chi connectivity index (χ0n) is 16.2. The summed E-state index contributed by atoms with van der Waals surface area (Å²) in [5.41, 5.74) is 1.24. The van der Waals surface area contributed by atoms with Crippen LogP contribution in [0.15, 0.2) is 48.5 Å². The molecule has 1 fully saturated rings. The number of nitrogens with zero attached hydrogens (tertiary/aromatic N) is 2. The number of aliphatic hydroxyl groups is 1. The summed E-state index contributed by atoms with van der Waals surface area (Å²) in [7, 11) is 1.50. The molecule has 29 heavy (non-hydrogen) atoms. The molecule has 1 atom stereocenters. The Labute approximate surface area is 168 Å². The van der Waals surface area contributed by atoms with Crippen LogP contribution >= 0.6 is 0 Å². The van der Waals surface area contributed by atoms with Gasteiger partial charge in [0.25, 0.3) is 5.91 Å². The summed E-state index contributed by atoms with van der Waals surface area (Å²) in [5, 5.41) is 12.2. The van der Waals surface area contributed by atoms with E-state index >= 15 is 0 Å². The van der Waals surface area contributed by atoms with Crippen LogP contribution in [0.4, 0.5) is 10.1 Å². The summed E-state index contributed by atoms with van der Waals surface area (Å²) >= 11 is 0. The molecule has 0 radical (unpaired) electrons. The Balaban J connectivity index is 1.58. The van der Waals surface area contributed by atoms with E-state index in [1.807, 2.05) is 0 Å². The van der Waals surface area contributed by atoms with Gasteiger partial charge in [0.2, 0.25) is 5.91 Å². The highest BCUT2D eigenvalue weighted by atomic mass is 19.1. The molecule has 1 aliphatic heterocycles. The van der Waals surface area contributed by atoms with E-state index in [1.54, 1.807) is 41.3 Å². The molecule has 1 heterocycles. The molecule has 3 rings (SSSR count). The van der Waals surface area contributed by atoms with Crippen LogP contribution < -0.4 is 15.0 Å². The fraction of sp³-hybridized carbons (Fsp3) is 0.333. The van der Waals surface area contributed by atoms with Gasteiger partial charge >= 0.3 is 0 Å². The molecule has 1 aliphatic rings. The predicted molar refractivity (Wildman–Crippen MR) is 107 cm³/mol. The number of rotatable bonds is 6. The van der Waals surface area contributed by atoms with Gasteiger partial charge in [-0.25, -0.2) is 4.39 Å². The highest BCUT2D eigenvalue weighted by molar-refractivity contribution is 5.97. The number of amides is 2. The molecule has 1 saturated heterocycles. The molecular formula is C21H24FN3O4. The zero-order valence-corrected chi connectivity index (χ0v) is 16.2. The Morgan fingerprint density at radius 1 is 1.14 bits per heavy atom. The SMILES string of the molecule is COc1cccc(C(=O)N[C@@H](CO)C(=O)N2CCN(c3ccc(F)cc3)CC2)c1. The van der Waals surface area contributed by atoms with Gasteiger partial charge in [0, 0.05) is 37.4 Å². The van der Waals surface area contributed by atoms with Gasteiger partial charge < -0.3 is 25.0 Å². The number of hydrogen-bond donors (Lipinski definition) is 2. The average molecular weight is 401 g/mol. The minimum atomic E-state index is -1.02. The third kappa shape index (κ3) is 5.03. The number of ether oxygens (including phenoxy) is 1. The molecule has 0 saturated carbocycles. The average Bonchev–Trinajstić information content (AvgIpc) is 2.77. The van der Waals surface area contributed by atoms with Crippen LogP contribution in [0.1, 0.15) is 10.4 Å². The molecule has 2 aromatic rings. The first kappa shape index (κ1) is 20.6. The highest BCUT2D eigenvalue weighted by Gasteiger charge is 2.28. The number of piperazine rings is 1. The maximum atomic E-state index is 13.1. The number of aliphatic hydroxyl groups excluding tert-OH is 1. The van der Waals surface area contributed by atoms with Crippen molar-refractivity contribution >= 4 is 17.5 Å². The van der Waals surface area contributed by atoms with E-state index in [-0.39, 0.29) is 11.7 Å². The van der Waals surface area contributed by atoms with Crippen molar-refractivity contribution in [2.45, 2.75) is 6.04 Å². The van der Waals surface area contributed by atoms with Gasteiger partial charge in [-0.05, 0) is 42.5 Å². The van der Waals surface area contributed by atoms with E-state index in [9.17, 15) is 19.1 Å². The van der Waals surface area contributed by atoms with Crippen LogP contribution in [0.5, 0.6) is 5.75 Å². The highest BCUT2D eigenvalue weighted by Crippen LogP contribution is 2.17. The molecule has 0 unspecified atom stereocenters. The van der Waals surface area contributed by atoms with Crippen molar-refractivity contribution < 1.29 is 23.8 Å². The lowest BCUT2D eigenvalue weighted by Crippen LogP contribution is -2.56. The number of carbonyl (C=O) groups is 2. The fourth-order valence-corrected chi connectivity index (χ4v) is 3.25. The van der Waals surface area contributed by atoms with E-state index in [4.69, 9.17) is 4.74 Å². The smallest absolute Gasteiger partial charge is 0.252 e. The Morgan fingerprint density at radius 3 is 2.45 bits per heavy atom. The molecule has 0 bridgehead atoms. The third-order valence-corrected chi connectivity index (χ3v) is 4.90. The second-order valence-corrected chi connectivity index (χ2v) is 6.73. The molecule has 2 N–H and O–H groups in total. The van der Waals surface area contributed by atoms with Crippen molar-refractivity contribution in [1.82, 2.24) is 10.2 Å². The van der Waals surface area contributed by atoms with Gasteiger partial charge in [0.05, 0.1) is 13.7 Å². The van der Waals surface area contributed by atoms with Gasteiger partial charge in [-0.2, -0.15) is 0 Å². The minimum Gasteiger partial charge on any atom is -0.497 e. The Bertz CT molecular complexity index is 851. The monoisotopic (exact) mass is 401 g/mol. The van der Waals surface area contributed by atoms with E-state index in [0.717, 1.165) is 5.69 Å². The summed E-state index contributed by atoms with van der Waals surface area (Å²) in [6, 6.07) is 11.8. The van der Waals surface area contributed by atoms with E-state index in [2.05, 4.69) is 10.2 Å². The first-order valence-electron chi connectivity index (χ1n) is 9.37. The van der Waals surface area contributed by atoms with E-state index in [0.29, 0.717) is 37.5 Å². The predicted octanol–water partition coefficient (Wildman–Crippen LogP) is 1.27. The lowest BCUT2D eigenvalue weighted by atomic mass is 10.1. The second kappa shape index (κ2) is 9.38. The Hall–Kier alpha value is -3.13. The largest absolute Gasteiger partial charge is 0.497 e. The summed E-state index contributed by atoms with van der Waals surface area (Å²) in [6.07, 6.45) is 0. The Kier molecular flexibility index (Phi) is 6.66. The van der Waals surface area contributed by atoms with Crippen molar-refractivity contribution in [3.63, 3.8) is 0 Å². The van der Waals surface area contributed by atoms with Gasteiger partial charge in [-0.1, -0.05) is 6.07 Å². The van der Waals surface area contributed by atoms with E-state index < -0.39 is 18.6 Å². The topological polar surface area (TPSA) is 82.1 Å². The zero-order chi connectivity index (χ0) is 20.8. The van der Waals surface area contributed by atoms with Crippen molar-refractivity contribution in [2.75, 3.05) is 44.8 Å². The third-order valence-electron chi connectivity index (χ3n) is 4.90. The maximum Gasteiger partial charge on any atom is 0.252 e. The molecule has 8 heteroatoms. The maximum absolute atomic E-state index is 13.1. The standard InChI is InChI=1S/C21H24FN3O4/c1-29-18-4-2-3-15(13-18)20(27)23-19(14-26)21(28)25-11-9-24(10-12-25)17-7-5-16(22)6-8-17/h2-8,13,19,26H,9-12,14H2,1H3,(H,23,27)/t19-/m0/s1. The van der Waals surface area contributed by atoms with E-state index in [1.165, 1.54) is 19.2 Å². The first-order chi connectivity index (χ1) is 14.0. The molecule has 2 aromatic carbocycles. The number of anilines is 1. The number of hydrogen-bond acceptors (Lipinski definition) is 5. The van der Waals surface area contributed by atoms with Crippen LogP contribution in [0.2, 0.25) is 0 Å². The quantitative estimate of drug-likeness (QED) is 0.762. The lowest BCUT2D eigenvalue weighted by molar-refractivity contribution is -0.134. The van der Waals surface area contributed by atoms with Crippen molar-refractivity contribution in [1.29, 1.82) is 0 Å². The molecule has 7 nitrogen and oxygen atoms in total. The summed E-state index contributed by atoms with van der Waals surface area (Å²) < 4.78 is 18.2. The summed E-state index contributed by atoms with van der Waals surface area (Å²) in [4.78, 5) is 28.9. The fourth-order valence-electron chi connectivity index (χ4n) is 3.25. The summed E-state index contributed by atoms with van der Waals surface area (Å²) in [5.74, 6) is -0.551. The minimum absolute atomic E-state index is 0.292. The molecule has 2 amide bonds. The van der Waals surface area contributed by atoms with Crippen LogP contribution in [-0.2, 0) is 4.79 Å². The van der Waals surface area contributed by atoms with Gasteiger partial charge in [-0.15, -0.1) is 0 Å². The molecule has 154 valence electrons. The molecular weight excluding hydrogens is 377 g/mol. The van der Waals surface area contributed by atoms with Crippen LogP contribution in [-0.4, -0.2) is 67.8 Å². The molecule has 0 aliphatic carbocycles. The summed E-state index contributed by atoms with van der Waals surface area (Å²) in [6.45, 7) is 1.56. The molecule has 0 aromatic heterocycles. The normalized spacial score (nSPS) is 15.0. The van der Waals surface area contributed by atoms with Gasteiger partial charge in [0.15, 0.2) is 0 Å².